The summed E-state index contributed by atoms with van der Waals surface area (Å²) in [6.07, 6.45) is -0.703. The van der Waals surface area contributed by atoms with Crippen molar-refractivity contribution in [1.82, 2.24) is 19.6 Å². The number of nitrogens with one attached hydrogen (secondary N) is 1. The number of alkyl halides is 3. The quantitative estimate of drug-likeness (QED) is 0.250. The molecule has 2 heterocycles. The zero-order valence-corrected chi connectivity index (χ0v) is 25.3. The number of methoxy groups -OCH3 is 1. The maximum Gasteiger partial charge on any atom is 0.416 e. The van der Waals surface area contributed by atoms with E-state index in [0.717, 1.165) is 43.9 Å². The van der Waals surface area contributed by atoms with E-state index in [1.807, 2.05) is 14.0 Å². The van der Waals surface area contributed by atoms with Crippen molar-refractivity contribution in [2.24, 2.45) is 18.6 Å². The topological polar surface area (TPSA) is 118 Å². The molecule has 0 atom stereocenters. The molecule has 0 spiro atoms. The minimum absolute atomic E-state index is 0.0958. The minimum Gasteiger partial charge on any atom is -0.494 e. The van der Waals surface area contributed by atoms with Crippen LogP contribution in [0.15, 0.2) is 42.7 Å². The van der Waals surface area contributed by atoms with Gasteiger partial charge in [-0.3, -0.25) is 19.4 Å². The second-order valence-electron chi connectivity index (χ2n) is 10.5. The average molecular weight is 621 g/mol. The predicted octanol–water partition coefficient (Wildman–Crippen LogP) is 4.44. The van der Waals surface area contributed by atoms with Gasteiger partial charge < -0.3 is 20.7 Å². The standard InChI is InChI=1S/C29H36ClF3N8O2/c1-18-22(15-36-39(18)3)24(34)17-41(35)26-13-19(6-7-23(26)30)28(42)37-25-14-21(29(31,32)33)12-20(27(25)43-4)16-40-9-5-8-38(2)10-11-40/h6-7,12-15,17H,5,8-11,16,34-35H2,1-4H3,(H,37,42)/b24-17-. The van der Waals surface area contributed by atoms with E-state index in [1.54, 1.807) is 17.9 Å². The molecule has 0 aliphatic carbocycles. The van der Waals surface area contributed by atoms with E-state index in [2.05, 4.69) is 20.2 Å². The predicted molar refractivity (Wildman–Crippen MR) is 162 cm³/mol. The SMILES string of the molecule is COc1c(CN2CCCN(C)CC2)cc(C(F)(F)F)cc1NC(=O)c1ccc(Cl)c(N(N)/C=C(\N)c2cnn(C)c2C)c1. The molecule has 5 N–H and O–H groups in total. The van der Waals surface area contributed by atoms with Gasteiger partial charge in [0, 0.05) is 55.3 Å². The molecule has 1 aromatic heterocycles. The Morgan fingerprint density at radius 1 is 1.19 bits per heavy atom. The van der Waals surface area contributed by atoms with Crippen LogP contribution >= 0.6 is 11.6 Å². The molecule has 1 aliphatic rings. The third-order valence-corrected chi connectivity index (χ3v) is 7.78. The van der Waals surface area contributed by atoms with Crippen molar-refractivity contribution in [3.63, 3.8) is 0 Å². The number of hydrogen-bond acceptors (Lipinski definition) is 8. The summed E-state index contributed by atoms with van der Waals surface area (Å²) < 4.78 is 49.1. The molecule has 0 unspecified atom stereocenters. The van der Waals surface area contributed by atoms with Gasteiger partial charge in [-0.05, 0) is 63.8 Å². The Bertz CT molecular complexity index is 1510. The van der Waals surface area contributed by atoms with Crippen molar-refractivity contribution in [3.8, 4) is 5.75 Å². The fraction of sp³-hybridized carbons (Fsp3) is 0.379. The first-order valence-electron chi connectivity index (χ1n) is 13.6. The average Bonchev–Trinajstić information content (AvgIpc) is 3.14. The van der Waals surface area contributed by atoms with Gasteiger partial charge in [-0.25, -0.2) is 5.84 Å². The molecule has 2 aromatic carbocycles. The first-order chi connectivity index (χ1) is 20.3. The Labute approximate surface area is 253 Å². The van der Waals surface area contributed by atoms with Crippen molar-refractivity contribution >= 4 is 34.6 Å². The molecule has 232 valence electrons. The lowest BCUT2D eigenvalue weighted by Crippen LogP contribution is -2.29. The number of nitrogens with zero attached hydrogens (tertiary/aromatic N) is 5. The second kappa shape index (κ2) is 13.2. The van der Waals surface area contributed by atoms with Gasteiger partial charge >= 0.3 is 6.18 Å². The van der Waals surface area contributed by atoms with E-state index in [9.17, 15) is 18.0 Å². The Balaban J connectivity index is 1.63. The van der Waals surface area contributed by atoms with Gasteiger partial charge in [0.05, 0.1) is 41.0 Å². The highest BCUT2D eigenvalue weighted by atomic mass is 35.5. The highest BCUT2D eigenvalue weighted by Crippen LogP contribution is 2.39. The monoisotopic (exact) mass is 620 g/mol. The van der Waals surface area contributed by atoms with Crippen LogP contribution < -0.4 is 26.6 Å². The van der Waals surface area contributed by atoms with Crippen molar-refractivity contribution in [3.05, 3.63) is 75.7 Å². The van der Waals surface area contributed by atoms with Gasteiger partial charge in [-0.2, -0.15) is 18.3 Å². The molecular weight excluding hydrogens is 585 g/mol. The van der Waals surface area contributed by atoms with Crippen LogP contribution in [0.25, 0.3) is 5.70 Å². The number of nitrogens with two attached hydrogens (primary N) is 2. The van der Waals surface area contributed by atoms with Crippen LogP contribution in [0, 0.1) is 6.92 Å². The van der Waals surface area contributed by atoms with E-state index < -0.39 is 17.6 Å². The fourth-order valence-corrected chi connectivity index (χ4v) is 5.14. The number of carbonyl (C=O) groups is 1. The summed E-state index contributed by atoms with van der Waals surface area (Å²) in [7, 11) is 5.16. The maximum atomic E-state index is 13.9. The zero-order valence-electron chi connectivity index (χ0n) is 24.5. The largest absolute Gasteiger partial charge is 0.494 e. The molecule has 1 amide bonds. The Morgan fingerprint density at radius 3 is 2.58 bits per heavy atom. The summed E-state index contributed by atoms with van der Waals surface area (Å²) in [4.78, 5) is 17.7. The van der Waals surface area contributed by atoms with Gasteiger partial charge in [0.25, 0.3) is 5.91 Å². The van der Waals surface area contributed by atoms with E-state index >= 15 is 0 Å². The normalized spacial score (nSPS) is 15.3. The summed E-state index contributed by atoms with van der Waals surface area (Å²) in [5.41, 5.74) is 7.73. The van der Waals surface area contributed by atoms with Gasteiger partial charge in [0.1, 0.15) is 5.75 Å². The third kappa shape index (κ3) is 7.60. The van der Waals surface area contributed by atoms with Crippen LogP contribution in [0.4, 0.5) is 24.5 Å². The van der Waals surface area contributed by atoms with Crippen molar-refractivity contribution in [1.29, 1.82) is 0 Å². The van der Waals surface area contributed by atoms with Crippen LogP contribution in [0.1, 0.15) is 39.2 Å². The zero-order chi connectivity index (χ0) is 31.5. The van der Waals surface area contributed by atoms with Gasteiger partial charge in [-0.1, -0.05) is 11.6 Å². The van der Waals surface area contributed by atoms with Crippen molar-refractivity contribution in [2.45, 2.75) is 26.1 Å². The summed E-state index contributed by atoms with van der Waals surface area (Å²) in [5.74, 6) is 5.72. The number of hydrazine groups is 1. The molecule has 0 saturated carbocycles. The molecule has 0 radical (unpaired) electrons. The number of anilines is 2. The third-order valence-electron chi connectivity index (χ3n) is 7.46. The van der Waals surface area contributed by atoms with Gasteiger partial charge in [0.2, 0.25) is 0 Å². The number of ether oxygens (including phenoxy) is 1. The first-order valence-corrected chi connectivity index (χ1v) is 14.0. The van der Waals surface area contributed by atoms with Crippen LogP contribution in [0.2, 0.25) is 5.02 Å². The van der Waals surface area contributed by atoms with E-state index in [4.69, 9.17) is 27.9 Å². The second-order valence-corrected chi connectivity index (χ2v) is 10.9. The van der Waals surface area contributed by atoms with Gasteiger partial charge in [-0.15, -0.1) is 0 Å². The minimum atomic E-state index is -4.63. The molecule has 4 rings (SSSR count). The Kier molecular flexibility index (Phi) is 9.90. The molecule has 0 bridgehead atoms. The summed E-state index contributed by atoms with van der Waals surface area (Å²) in [6.45, 7) is 5.22. The van der Waals surface area contributed by atoms with Crippen molar-refractivity contribution < 1.29 is 22.7 Å². The number of halogens is 4. The lowest BCUT2D eigenvalue weighted by Gasteiger charge is -2.24. The number of likely N-dealkylation sites (N-methyl/N-ethyl adjacent to an activating group) is 1. The van der Waals surface area contributed by atoms with E-state index in [1.165, 1.54) is 36.5 Å². The molecule has 10 nitrogen and oxygen atoms in total. The van der Waals surface area contributed by atoms with Crippen LogP contribution in [0.5, 0.6) is 5.75 Å². The smallest absolute Gasteiger partial charge is 0.416 e. The molecule has 1 saturated heterocycles. The number of aromatic nitrogens is 2. The Hall–Kier alpha value is -3.78. The fourth-order valence-electron chi connectivity index (χ4n) is 4.92. The highest BCUT2D eigenvalue weighted by molar-refractivity contribution is 6.33. The molecule has 43 heavy (non-hydrogen) atoms. The van der Waals surface area contributed by atoms with Gasteiger partial charge in [0.15, 0.2) is 0 Å². The summed E-state index contributed by atoms with van der Waals surface area (Å²) >= 11 is 6.38. The molecule has 14 heteroatoms. The highest BCUT2D eigenvalue weighted by Gasteiger charge is 2.33. The number of benzene rings is 2. The lowest BCUT2D eigenvalue weighted by atomic mass is 10.1. The summed E-state index contributed by atoms with van der Waals surface area (Å²) in [5, 5.41) is 8.17. The number of carbonyl (C=O) groups excluding carboxylic acids is 1. The van der Waals surface area contributed by atoms with E-state index in [-0.39, 0.29) is 34.3 Å². The number of amides is 1. The van der Waals surface area contributed by atoms with Crippen molar-refractivity contribution in [2.75, 3.05) is 50.7 Å². The Morgan fingerprint density at radius 2 is 1.93 bits per heavy atom. The first kappa shape index (κ1) is 32.1. The lowest BCUT2D eigenvalue weighted by molar-refractivity contribution is -0.137. The maximum absolute atomic E-state index is 13.9. The summed E-state index contributed by atoms with van der Waals surface area (Å²) in [6, 6.07) is 6.29. The number of rotatable bonds is 8. The molecule has 1 aliphatic heterocycles. The molecular formula is C29H36ClF3N8O2. The van der Waals surface area contributed by atoms with Crippen LogP contribution in [-0.4, -0.2) is 65.8 Å². The van der Waals surface area contributed by atoms with E-state index in [0.29, 0.717) is 23.4 Å². The molecule has 1 fully saturated rings. The van der Waals surface area contributed by atoms with Crippen LogP contribution in [0.3, 0.4) is 0 Å². The van der Waals surface area contributed by atoms with Crippen LogP contribution in [-0.2, 0) is 19.8 Å². The number of aryl methyl sites for hydroxylation is 1. The number of hydrogen-bond donors (Lipinski definition) is 3. The molecule has 3 aromatic rings.